The van der Waals surface area contributed by atoms with Gasteiger partial charge in [-0.15, -0.1) is 0 Å². The van der Waals surface area contributed by atoms with Crippen LogP contribution in [0.4, 0.5) is 5.69 Å². The number of halogens is 1. The van der Waals surface area contributed by atoms with E-state index in [0.29, 0.717) is 18.9 Å². The molecule has 0 saturated heterocycles. The number of benzene rings is 1. The molecule has 0 spiro atoms. The molecule has 1 atom stereocenters. The summed E-state index contributed by atoms with van der Waals surface area (Å²) in [6.07, 6.45) is 1.47. The van der Waals surface area contributed by atoms with Gasteiger partial charge in [0.25, 0.3) is 0 Å². The molecule has 19 heavy (non-hydrogen) atoms. The zero-order valence-electron chi connectivity index (χ0n) is 11.9. The minimum absolute atomic E-state index is 0.0392. The molecule has 0 fully saturated rings. The van der Waals surface area contributed by atoms with Crippen molar-refractivity contribution in [2.75, 3.05) is 11.9 Å². The summed E-state index contributed by atoms with van der Waals surface area (Å²) in [5.41, 5.74) is 7.64. The first-order valence-electron chi connectivity index (χ1n) is 6.69. The van der Waals surface area contributed by atoms with Crippen LogP contribution in [-0.2, 0) is 4.79 Å². The Labute approximate surface area is 124 Å². The molecule has 0 bridgehead atoms. The normalized spacial score (nSPS) is 12.5. The second kappa shape index (κ2) is 7.65. The molecule has 3 N–H and O–H groups in total. The van der Waals surface area contributed by atoms with Crippen molar-refractivity contribution in [1.82, 2.24) is 0 Å². The Bertz CT molecular complexity index is 432. The van der Waals surface area contributed by atoms with Crippen LogP contribution in [0.3, 0.4) is 0 Å². The molecule has 1 aromatic rings. The van der Waals surface area contributed by atoms with Gasteiger partial charge in [-0.05, 0) is 49.4 Å². The van der Waals surface area contributed by atoms with Gasteiger partial charge in [0.1, 0.15) is 0 Å². The van der Waals surface area contributed by atoms with Gasteiger partial charge >= 0.3 is 0 Å². The third-order valence-electron chi connectivity index (χ3n) is 3.15. The van der Waals surface area contributed by atoms with E-state index in [4.69, 9.17) is 5.73 Å². The monoisotopic (exact) mass is 326 g/mol. The summed E-state index contributed by atoms with van der Waals surface area (Å²) in [5, 5.41) is 2.96. The Hall–Kier alpha value is -0.870. The largest absolute Gasteiger partial charge is 0.330 e. The van der Waals surface area contributed by atoms with Gasteiger partial charge in [0.15, 0.2) is 0 Å². The number of rotatable bonds is 6. The molecule has 0 radical (unpaired) electrons. The maximum Gasteiger partial charge on any atom is 0.224 e. The quantitative estimate of drug-likeness (QED) is 0.837. The first-order valence-corrected chi connectivity index (χ1v) is 7.48. The number of anilines is 1. The van der Waals surface area contributed by atoms with Gasteiger partial charge in [0.05, 0.1) is 0 Å². The fraction of sp³-hybridized carbons (Fsp3) is 0.533. The fourth-order valence-corrected chi connectivity index (χ4v) is 2.50. The molecule has 0 aliphatic rings. The SMILES string of the molecule is Cc1c(Br)cccc1NC(=O)C[C@@H](CN)CC(C)C. The van der Waals surface area contributed by atoms with Crippen LogP contribution in [0.25, 0.3) is 0 Å². The van der Waals surface area contributed by atoms with Crippen LogP contribution in [0.2, 0.25) is 0 Å². The molecule has 0 saturated carbocycles. The minimum atomic E-state index is 0.0392. The summed E-state index contributed by atoms with van der Waals surface area (Å²) in [4.78, 5) is 12.0. The molecule has 1 rings (SSSR count). The smallest absolute Gasteiger partial charge is 0.224 e. The lowest BCUT2D eigenvalue weighted by Crippen LogP contribution is -2.23. The third-order valence-corrected chi connectivity index (χ3v) is 4.01. The van der Waals surface area contributed by atoms with Crippen LogP contribution in [0.15, 0.2) is 22.7 Å². The Morgan fingerprint density at radius 3 is 2.68 bits per heavy atom. The number of nitrogens with two attached hydrogens (primary N) is 1. The topological polar surface area (TPSA) is 55.1 Å². The van der Waals surface area contributed by atoms with Crippen molar-refractivity contribution in [1.29, 1.82) is 0 Å². The summed E-state index contributed by atoms with van der Waals surface area (Å²) >= 11 is 3.46. The van der Waals surface area contributed by atoms with Crippen molar-refractivity contribution in [2.24, 2.45) is 17.6 Å². The molecule has 1 aromatic carbocycles. The predicted molar refractivity (Wildman–Crippen MR) is 84.1 cm³/mol. The Morgan fingerprint density at radius 2 is 2.11 bits per heavy atom. The summed E-state index contributed by atoms with van der Waals surface area (Å²) in [6, 6.07) is 5.80. The van der Waals surface area contributed by atoms with Crippen molar-refractivity contribution in [3.63, 3.8) is 0 Å². The zero-order chi connectivity index (χ0) is 14.4. The molecule has 0 unspecified atom stereocenters. The van der Waals surface area contributed by atoms with Gasteiger partial charge in [-0.25, -0.2) is 0 Å². The van der Waals surface area contributed by atoms with E-state index in [-0.39, 0.29) is 11.8 Å². The maximum atomic E-state index is 12.0. The van der Waals surface area contributed by atoms with Gasteiger partial charge in [0, 0.05) is 16.6 Å². The van der Waals surface area contributed by atoms with Gasteiger partial charge in [-0.3, -0.25) is 4.79 Å². The van der Waals surface area contributed by atoms with E-state index >= 15 is 0 Å². The highest BCUT2D eigenvalue weighted by Gasteiger charge is 2.15. The van der Waals surface area contributed by atoms with Crippen LogP contribution in [0.1, 0.15) is 32.3 Å². The van der Waals surface area contributed by atoms with Crippen molar-refractivity contribution < 1.29 is 4.79 Å². The number of hydrogen-bond acceptors (Lipinski definition) is 2. The van der Waals surface area contributed by atoms with Crippen LogP contribution >= 0.6 is 15.9 Å². The number of carbonyl (C=O) groups is 1. The Balaban J connectivity index is 2.62. The molecule has 3 nitrogen and oxygen atoms in total. The Kier molecular flexibility index (Phi) is 6.52. The van der Waals surface area contributed by atoms with Gasteiger partial charge < -0.3 is 11.1 Å². The van der Waals surface area contributed by atoms with Crippen LogP contribution in [0, 0.1) is 18.8 Å². The van der Waals surface area contributed by atoms with Crippen molar-refractivity contribution in [2.45, 2.75) is 33.6 Å². The lowest BCUT2D eigenvalue weighted by atomic mass is 9.94. The molecule has 0 aliphatic carbocycles. The summed E-state index contributed by atoms with van der Waals surface area (Å²) < 4.78 is 1.00. The van der Waals surface area contributed by atoms with Crippen LogP contribution < -0.4 is 11.1 Å². The summed E-state index contributed by atoms with van der Waals surface area (Å²) in [6.45, 7) is 6.84. The third kappa shape index (κ3) is 5.33. The first-order chi connectivity index (χ1) is 8.93. The highest BCUT2D eigenvalue weighted by molar-refractivity contribution is 9.10. The fourth-order valence-electron chi connectivity index (χ4n) is 2.14. The van der Waals surface area contributed by atoms with Crippen molar-refractivity contribution in [3.8, 4) is 0 Å². The molecule has 4 heteroatoms. The standard InChI is InChI=1S/C15H23BrN2O/c1-10(2)7-12(9-17)8-15(19)18-14-6-4-5-13(16)11(14)3/h4-6,10,12H,7-9,17H2,1-3H3,(H,18,19)/t12-/m0/s1. The number of nitrogens with one attached hydrogen (secondary N) is 1. The van der Waals surface area contributed by atoms with Crippen molar-refractivity contribution in [3.05, 3.63) is 28.2 Å². The molecule has 0 heterocycles. The maximum absolute atomic E-state index is 12.0. The highest BCUT2D eigenvalue weighted by atomic mass is 79.9. The Morgan fingerprint density at radius 1 is 1.42 bits per heavy atom. The molecular weight excluding hydrogens is 304 g/mol. The summed E-state index contributed by atoms with van der Waals surface area (Å²) in [5.74, 6) is 0.860. The van der Waals surface area contributed by atoms with Crippen LogP contribution in [-0.4, -0.2) is 12.5 Å². The van der Waals surface area contributed by atoms with E-state index in [1.807, 2.05) is 25.1 Å². The van der Waals surface area contributed by atoms with E-state index in [2.05, 4.69) is 35.1 Å². The van der Waals surface area contributed by atoms with Crippen molar-refractivity contribution >= 4 is 27.5 Å². The lowest BCUT2D eigenvalue weighted by molar-refractivity contribution is -0.117. The molecule has 106 valence electrons. The zero-order valence-corrected chi connectivity index (χ0v) is 13.5. The van der Waals surface area contributed by atoms with Gasteiger partial charge in [-0.1, -0.05) is 35.8 Å². The van der Waals surface area contributed by atoms with Gasteiger partial charge in [0.2, 0.25) is 5.91 Å². The van der Waals surface area contributed by atoms with E-state index < -0.39 is 0 Å². The minimum Gasteiger partial charge on any atom is -0.330 e. The second-order valence-corrected chi connectivity index (χ2v) is 6.25. The average Bonchev–Trinajstić information content (AvgIpc) is 2.33. The summed E-state index contributed by atoms with van der Waals surface area (Å²) in [7, 11) is 0. The first kappa shape index (κ1) is 16.2. The van der Waals surface area contributed by atoms with E-state index in [1.54, 1.807) is 0 Å². The predicted octanol–water partition coefficient (Wildman–Crippen LogP) is 3.71. The number of carbonyl (C=O) groups excluding carboxylic acids is 1. The average molecular weight is 327 g/mol. The second-order valence-electron chi connectivity index (χ2n) is 5.40. The van der Waals surface area contributed by atoms with E-state index in [9.17, 15) is 4.79 Å². The van der Waals surface area contributed by atoms with Crippen LogP contribution in [0.5, 0.6) is 0 Å². The lowest BCUT2D eigenvalue weighted by Gasteiger charge is -2.17. The molecular formula is C15H23BrN2O. The number of hydrogen-bond donors (Lipinski definition) is 2. The highest BCUT2D eigenvalue weighted by Crippen LogP contribution is 2.24. The molecule has 1 amide bonds. The van der Waals surface area contributed by atoms with E-state index in [1.165, 1.54) is 0 Å². The van der Waals surface area contributed by atoms with Gasteiger partial charge in [-0.2, -0.15) is 0 Å². The van der Waals surface area contributed by atoms with E-state index in [0.717, 1.165) is 22.1 Å². The molecule has 0 aliphatic heterocycles. The molecule has 0 aromatic heterocycles. The number of amides is 1.